The Balaban J connectivity index is 0.000000228. The monoisotopic (exact) mass is 546 g/mol. The van der Waals surface area contributed by atoms with Crippen LogP contribution >= 0.6 is 17.2 Å². The molecule has 2 amide bonds. The fourth-order valence-corrected chi connectivity index (χ4v) is 5.55. The highest BCUT2D eigenvalue weighted by atomic mass is 31.1. The molecular formula is C30H32N2O4P2. The number of azo groups is 1. The molecule has 0 spiro atoms. The fraction of sp³-hybridized carbons (Fsp3) is 0.133. The molecule has 0 aromatic heterocycles. The number of nitrogens with zero attached hydrogens (tertiary/aromatic N) is 2. The lowest BCUT2D eigenvalue weighted by Gasteiger charge is -2.18. The quantitative estimate of drug-likeness (QED) is 0.215. The first-order valence-electron chi connectivity index (χ1n) is 12.1. The van der Waals surface area contributed by atoms with Crippen LogP contribution in [0.25, 0.3) is 0 Å². The van der Waals surface area contributed by atoms with E-state index in [1.54, 1.807) is 13.8 Å². The predicted octanol–water partition coefficient (Wildman–Crippen LogP) is 6.38. The van der Waals surface area contributed by atoms with E-state index in [1.807, 2.05) is 30.3 Å². The van der Waals surface area contributed by atoms with Crippen molar-refractivity contribution in [2.45, 2.75) is 13.8 Å². The van der Waals surface area contributed by atoms with Crippen molar-refractivity contribution in [2.75, 3.05) is 13.2 Å². The molecule has 0 saturated heterocycles. The molecule has 4 aromatic carbocycles. The predicted molar refractivity (Wildman–Crippen MR) is 160 cm³/mol. The summed E-state index contributed by atoms with van der Waals surface area (Å²) in [5.74, 6) is 0. The second kappa shape index (κ2) is 18.5. The van der Waals surface area contributed by atoms with Gasteiger partial charge in [-0.15, -0.1) is 9.24 Å². The zero-order chi connectivity index (χ0) is 27.4. The van der Waals surface area contributed by atoms with Gasteiger partial charge in [0.1, 0.15) is 0 Å². The minimum absolute atomic E-state index is 0.195. The highest BCUT2D eigenvalue weighted by Crippen LogP contribution is 2.32. The van der Waals surface area contributed by atoms with Crippen molar-refractivity contribution in [1.29, 1.82) is 0 Å². The Kier molecular flexibility index (Phi) is 14.9. The van der Waals surface area contributed by atoms with Crippen molar-refractivity contribution in [1.82, 2.24) is 0 Å². The summed E-state index contributed by atoms with van der Waals surface area (Å²) in [5.41, 5.74) is 0. The zero-order valence-corrected chi connectivity index (χ0v) is 23.6. The lowest BCUT2D eigenvalue weighted by atomic mass is 10.4. The normalized spacial score (nSPS) is 10.0. The van der Waals surface area contributed by atoms with E-state index in [4.69, 9.17) is 0 Å². The van der Waals surface area contributed by atoms with E-state index in [0.29, 0.717) is 0 Å². The molecule has 0 fully saturated rings. The zero-order valence-electron chi connectivity index (χ0n) is 21.5. The van der Waals surface area contributed by atoms with Gasteiger partial charge in [-0.25, -0.2) is 9.59 Å². The Morgan fingerprint density at radius 2 is 0.868 bits per heavy atom. The third kappa shape index (κ3) is 12.0. The van der Waals surface area contributed by atoms with E-state index in [2.05, 4.69) is 120 Å². The van der Waals surface area contributed by atoms with Gasteiger partial charge in [-0.3, -0.25) is 0 Å². The molecule has 0 saturated carbocycles. The number of amides is 2. The van der Waals surface area contributed by atoms with Gasteiger partial charge in [0.2, 0.25) is 0 Å². The summed E-state index contributed by atoms with van der Waals surface area (Å²) >= 11 is 0. The molecule has 4 aromatic rings. The second-order valence-corrected chi connectivity index (χ2v) is 10.2. The third-order valence-corrected chi connectivity index (χ3v) is 7.42. The van der Waals surface area contributed by atoms with Crippen LogP contribution in [0.1, 0.15) is 13.8 Å². The van der Waals surface area contributed by atoms with E-state index in [0.717, 1.165) is 0 Å². The molecule has 1 atom stereocenters. The van der Waals surface area contributed by atoms with Crippen molar-refractivity contribution in [3.63, 3.8) is 0 Å². The lowest BCUT2D eigenvalue weighted by molar-refractivity contribution is 0.152. The Morgan fingerprint density at radius 3 is 1.11 bits per heavy atom. The first-order chi connectivity index (χ1) is 18.5. The smallest absolute Gasteiger partial charge is 0.447 e. The van der Waals surface area contributed by atoms with E-state index < -0.39 is 20.1 Å². The summed E-state index contributed by atoms with van der Waals surface area (Å²) in [5, 5.41) is 11.3. The Hall–Kier alpha value is -3.72. The molecule has 0 aliphatic heterocycles. The Labute approximate surface area is 228 Å². The van der Waals surface area contributed by atoms with Gasteiger partial charge < -0.3 is 9.47 Å². The third-order valence-electron chi connectivity index (χ3n) is 4.59. The van der Waals surface area contributed by atoms with Crippen LogP contribution in [0.2, 0.25) is 0 Å². The van der Waals surface area contributed by atoms with Crippen LogP contribution in [0.3, 0.4) is 0 Å². The van der Waals surface area contributed by atoms with Crippen LogP contribution in [0.5, 0.6) is 0 Å². The summed E-state index contributed by atoms with van der Waals surface area (Å²) < 4.78 is 8.73. The average molecular weight is 547 g/mol. The summed E-state index contributed by atoms with van der Waals surface area (Å²) in [7, 11) is 2.18. The van der Waals surface area contributed by atoms with Crippen molar-refractivity contribution in [3.05, 3.63) is 121 Å². The van der Waals surface area contributed by atoms with Gasteiger partial charge in [-0.05, 0) is 43.0 Å². The van der Waals surface area contributed by atoms with Crippen molar-refractivity contribution in [3.8, 4) is 0 Å². The summed E-state index contributed by atoms with van der Waals surface area (Å²) in [4.78, 5) is 20.9. The molecule has 8 heteroatoms. The molecule has 0 aliphatic carbocycles. The summed E-state index contributed by atoms with van der Waals surface area (Å²) in [6.45, 7) is 3.64. The maximum Gasteiger partial charge on any atom is 0.452 e. The number of carbonyl (C=O) groups is 2. The highest BCUT2D eigenvalue weighted by Gasteiger charge is 2.15. The SMILES string of the molecule is CCOC(=O)N=NC(=O)OCC.Pc1ccccc1.c1ccc(P(c2ccccc2)c2ccccc2)cc1. The summed E-state index contributed by atoms with van der Waals surface area (Å²) in [6.07, 6.45) is -1.80. The lowest BCUT2D eigenvalue weighted by Crippen LogP contribution is -2.20. The van der Waals surface area contributed by atoms with Gasteiger partial charge in [0.25, 0.3) is 0 Å². The van der Waals surface area contributed by atoms with E-state index in [1.165, 1.54) is 21.2 Å². The average Bonchev–Trinajstić information content (AvgIpc) is 2.95. The van der Waals surface area contributed by atoms with Crippen LogP contribution in [-0.2, 0) is 9.47 Å². The number of rotatable bonds is 5. The van der Waals surface area contributed by atoms with Gasteiger partial charge >= 0.3 is 12.2 Å². The van der Waals surface area contributed by atoms with E-state index in [-0.39, 0.29) is 13.2 Å². The molecule has 6 nitrogen and oxygen atoms in total. The second-order valence-electron chi connectivity index (χ2n) is 7.35. The van der Waals surface area contributed by atoms with Gasteiger partial charge in [-0.2, -0.15) is 0 Å². The molecule has 0 heterocycles. The van der Waals surface area contributed by atoms with Gasteiger partial charge in [-0.1, -0.05) is 132 Å². The number of hydrogen-bond acceptors (Lipinski definition) is 4. The molecule has 1 unspecified atom stereocenters. The number of hydrogen-bond donors (Lipinski definition) is 0. The van der Waals surface area contributed by atoms with Crippen LogP contribution in [0.15, 0.2) is 132 Å². The van der Waals surface area contributed by atoms with Crippen LogP contribution < -0.4 is 21.2 Å². The molecule has 0 N–H and O–H groups in total. The number of carbonyl (C=O) groups excluding carboxylic acids is 2. The number of benzene rings is 4. The van der Waals surface area contributed by atoms with E-state index >= 15 is 0 Å². The van der Waals surface area contributed by atoms with Crippen molar-refractivity contribution < 1.29 is 19.1 Å². The minimum Gasteiger partial charge on any atom is -0.447 e. The molecule has 0 radical (unpaired) electrons. The Bertz CT molecular complexity index is 1110. The molecule has 0 bridgehead atoms. The van der Waals surface area contributed by atoms with Gasteiger partial charge in [0.15, 0.2) is 0 Å². The molecule has 38 heavy (non-hydrogen) atoms. The van der Waals surface area contributed by atoms with Crippen molar-refractivity contribution in [2.24, 2.45) is 10.2 Å². The largest absolute Gasteiger partial charge is 0.452 e. The van der Waals surface area contributed by atoms with Crippen LogP contribution in [0.4, 0.5) is 9.59 Å². The van der Waals surface area contributed by atoms with Gasteiger partial charge in [0, 0.05) is 0 Å². The van der Waals surface area contributed by atoms with E-state index in [9.17, 15) is 9.59 Å². The summed E-state index contributed by atoms with van der Waals surface area (Å²) in [6, 6.07) is 42.5. The first kappa shape index (κ1) is 30.5. The standard InChI is InChI=1S/C18H15P.C6H10N2O4.C6H7P/c1-4-10-16(11-5-1)19(17-12-6-2-7-13-17)18-14-8-3-9-15-18;1-3-11-5(9)7-8-6(10)12-4-2;7-6-4-2-1-3-5-6/h1-15H;3-4H2,1-2H3;1-5H,7H2. The van der Waals surface area contributed by atoms with Gasteiger partial charge in [0.05, 0.1) is 13.2 Å². The maximum atomic E-state index is 10.5. The van der Waals surface area contributed by atoms with Crippen LogP contribution in [0, 0.1) is 0 Å². The molecule has 4 rings (SSSR count). The molecular weight excluding hydrogens is 514 g/mol. The molecule has 196 valence electrons. The maximum absolute atomic E-state index is 10.5. The van der Waals surface area contributed by atoms with Crippen molar-refractivity contribution >= 4 is 50.6 Å². The highest BCUT2D eigenvalue weighted by molar-refractivity contribution is 7.79. The number of ether oxygens (including phenoxy) is 2. The first-order valence-corrected chi connectivity index (χ1v) is 14.0. The Morgan fingerprint density at radius 1 is 0.579 bits per heavy atom. The minimum atomic E-state index is -0.898. The fourth-order valence-electron chi connectivity index (χ4n) is 3.02. The molecule has 0 aliphatic rings. The van der Waals surface area contributed by atoms with Crippen LogP contribution in [-0.4, -0.2) is 25.4 Å². The topological polar surface area (TPSA) is 77.3 Å².